The lowest BCUT2D eigenvalue weighted by Gasteiger charge is -2.11. The first-order valence-electron chi connectivity index (χ1n) is 5.07. The van der Waals surface area contributed by atoms with Crippen molar-refractivity contribution in [1.82, 2.24) is 0 Å². The minimum atomic E-state index is -0.736. The molecule has 0 saturated heterocycles. The van der Waals surface area contributed by atoms with Crippen molar-refractivity contribution in [2.45, 2.75) is 20.0 Å². The van der Waals surface area contributed by atoms with Crippen LogP contribution in [0, 0.1) is 19.7 Å². The van der Waals surface area contributed by atoms with E-state index < -0.39 is 6.10 Å². The van der Waals surface area contributed by atoms with Gasteiger partial charge in [-0.25, -0.2) is 4.39 Å². The van der Waals surface area contributed by atoms with Crippen LogP contribution in [0.4, 0.5) is 4.39 Å². The molecule has 0 fully saturated rings. The Labute approximate surface area is 98.2 Å². The van der Waals surface area contributed by atoms with Gasteiger partial charge in [0.25, 0.3) is 0 Å². The predicted molar refractivity (Wildman–Crippen MR) is 64.3 cm³/mol. The van der Waals surface area contributed by atoms with Gasteiger partial charge in [0.15, 0.2) is 0 Å². The van der Waals surface area contributed by atoms with Crippen LogP contribution in [0.2, 0.25) is 0 Å². The summed E-state index contributed by atoms with van der Waals surface area (Å²) < 4.78 is 13.2. The van der Waals surface area contributed by atoms with Gasteiger partial charge in [-0.05, 0) is 54.1 Å². The number of aliphatic hydroxyl groups is 1. The van der Waals surface area contributed by atoms with Crippen molar-refractivity contribution in [3.8, 4) is 0 Å². The smallest absolute Gasteiger partial charge is 0.123 e. The number of benzene rings is 1. The SMILES string of the molecule is Cc1cc(F)cc(C(O)c2ccsc2C)c1. The minimum absolute atomic E-state index is 0.304. The Morgan fingerprint density at radius 3 is 2.56 bits per heavy atom. The number of hydrogen-bond donors (Lipinski definition) is 1. The van der Waals surface area contributed by atoms with Gasteiger partial charge in [-0.1, -0.05) is 6.07 Å². The maximum atomic E-state index is 13.2. The average Bonchev–Trinajstić information content (AvgIpc) is 2.62. The number of aryl methyl sites for hydroxylation is 2. The highest BCUT2D eigenvalue weighted by molar-refractivity contribution is 7.10. The fraction of sp³-hybridized carbons (Fsp3) is 0.231. The second-order valence-electron chi connectivity index (χ2n) is 3.90. The minimum Gasteiger partial charge on any atom is -0.384 e. The van der Waals surface area contributed by atoms with Crippen LogP contribution in [0.3, 0.4) is 0 Å². The summed E-state index contributed by atoms with van der Waals surface area (Å²) in [7, 11) is 0. The van der Waals surface area contributed by atoms with Gasteiger partial charge < -0.3 is 5.11 Å². The second-order valence-corrected chi connectivity index (χ2v) is 5.02. The van der Waals surface area contributed by atoms with Crippen molar-refractivity contribution < 1.29 is 9.50 Å². The molecule has 2 aromatic rings. The second kappa shape index (κ2) is 4.36. The first kappa shape index (κ1) is 11.3. The van der Waals surface area contributed by atoms with Crippen molar-refractivity contribution >= 4 is 11.3 Å². The third-order valence-electron chi connectivity index (χ3n) is 2.57. The van der Waals surface area contributed by atoms with Crippen LogP contribution in [0.15, 0.2) is 29.6 Å². The molecular weight excluding hydrogens is 223 g/mol. The lowest BCUT2D eigenvalue weighted by Crippen LogP contribution is -2.00. The van der Waals surface area contributed by atoms with Crippen LogP contribution < -0.4 is 0 Å². The van der Waals surface area contributed by atoms with E-state index in [0.29, 0.717) is 5.56 Å². The van der Waals surface area contributed by atoms with Crippen molar-refractivity contribution in [3.63, 3.8) is 0 Å². The van der Waals surface area contributed by atoms with E-state index >= 15 is 0 Å². The van der Waals surface area contributed by atoms with Crippen molar-refractivity contribution in [2.75, 3.05) is 0 Å². The molecule has 0 amide bonds. The van der Waals surface area contributed by atoms with E-state index in [4.69, 9.17) is 0 Å². The first-order chi connectivity index (χ1) is 7.58. The van der Waals surface area contributed by atoms with Crippen LogP contribution in [0.1, 0.15) is 27.7 Å². The largest absolute Gasteiger partial charge is 0.384 e. The summed E-state index contributed by atoms with van der Waals surface area (Å²) in [4.78, 5) is 1.06. The molecule has 0 saturated carbocycles. The zero-order valence-electron chi connectivity index (χ0n) is 9.20. The van der Waals surface area contributed by atoms with Gasteiger partial charge >= 0.3 is 0 Å². The normalized spacial score (nSPS) is 12.8. The molecule has 1 aromatic carbocycles. The summed E-state index contributed by atoms with van der Waals surface area (Å²) in [5.41, 5.74) is 2.29. The van der Waals surface area contributed by atoms with Crippen molar-refractivity contribution in [2.24, 2.45) is 0 Å². The van der Waals surface area contributed by atoms with Crippen LogP contribution >= 0.6 is 11.3 Å². The molecule has 0 aliphatic carbocycles. The molecule has 1 aromatic heterocycles. The number of hydrogen-bond acceptors (Lipinski definition) is 2. The summed E-state index contributed by atoms with van der Waals surface area (Å²) in [5.74, 6) is -0.304. The predicted octanol–water partition coefficient (Wildman–Crippen LogP) is 3.59. The monoisotopic (exact) mass is 236 g/mol. The highest BCUT2D eigenvalue weighted by Gasteiger charge is 2.14. The lowest BCUT2D eigenvalue weighted by molar-refractivity contribution is 0.219. The summed E-state index contributed by atoms with van der Waals surface area (Å²) >= 11 is 1.58. The molecule has 0 bridgehead atoms. The number of rotatable bonds is 2. The molecule has 84 valence electrons. The van der Waals surface area contributed by atoms with E-state index in [1.807, 2.05) is 31.4 Å². The Bertz CT molecular complexity index is 484. The van der Waals surface area contributed by atoms with E-state index in [0.717, 1.165) is 16.0 Å². The van der Waals surface area contributed by atoms with Gasteiger partial charge in [-0.15, -0.1) is 11.3 Å². The van der Waals surface area contributed by atoms with Gasteiger partial charge in [0.05, 0.1) is 0 Å². The first-order valence-corrected chi connectivity index (χ1v) is 5.95. The zero-order valence-corrected chi connectivity index (χ0v) is 10.0. The quantitative estimate of drug-likeness (QED) is 0.845. The molecule has 3 heteroatoms. The molecule has 0 aliphatic rings. The standard InChI is InChI=1S/C13H13FOS/c1-8-5-10(7-11(14)6-8)13(15)12-3-4-16-9(12)2/h3-7,13,15H,1-2H3. The number of aliphatic hydroxyl groups excluding tert-OH is 1. The van der Waals surface area contributed by atoms with Gasteiger partial charge in [-0.2, -0.15) is 0 Å². The zero-order chi connectivity index (χ0) is 11.7. The van der Waals surface area contributed by atoms with Crippen LogP contribution in [0.5, 0.6) is 0 Å². The molecule has 1 N–H and O–H groups in total. The fourth-order valence-corrected chi connectivity index (χ4v) is 2.52. The topological polar surface area (TPSA) is 20.2 Å². The van der Waals surface area contributed by atoms with E-state index in [9.17, 15) is 9.50 Å². The molecule has 0 aliphatic heterocycles. The Morgan fingerprint density at radius 2 is 2.00 bits per heavy atom. The molecular formula is C13H13FOS. The van der Waals surface area contributed by atoms with E-state index in [-0.39, 0.29) is 5.82 Å². The molecule has 1 atom stereocenters. The molecule has 0 spiro atoms. The maximum Gasteiger partial charge on any atom is 0.123 e. The van der Waals surface area contributed by atoms with Gasteiger partial charge in [-0.3, -0.25) is 0 Å². The molecule has 1 nitrogen and oxygen atoms in total. The Balaban J connectivity index is 2.41. The molecule has 16 heavy (non-hydrogen) atoms. The van der Waals surface area contributed by atoms with Gasteiger partial charge in [0.2, 0.25) is 0 Å². The molecule has 1 heterocycles. The van der Waals surface area contributed by atoms with Crippen LogP contribution in [-0.2, 0) is 0 Å². The maximum absolute atomic E-state index is 13.2. The van der Waals surface area contributed by atoms with E-state index in [1.165, 1.54) is 12.1 Å². The van der Waals surface area contributed by atoms with Crippen LogP contribution in [-0.4, -0.2) is 5.11 Å². The third-order valence-corrected chi connectivity index (χ3v) is 3.44. The van der Waals surface area contributed by atoms with Crippen LogP contribution in [0.25, 0.3) is 0 Å². The third kappa shape index (κ3) is 2.15. The van der Waals surface area contributed by atoms with E-state index in [2.05, 4.69) is 0 Å². The number of thiophene rings is 1. The lowest BCUT2D eigenvalue weighted by atomic mass is 10.0. The highest BCUT2D eigenvalue weighted by Crippen LogP contribution is 2.28. The fourth-order valence-electron chi connectivity index (χ4n) is 1.78. The van der Waals surface area contributed by atoms with Crippen molar-refractivity contribution in [1.29, 1.82) is 0 Å². The average molecular weight is 236 g/mol. The molecule has 2 rings (SSSR count). The summed E-state index contributed by atoms with van der Waals surface area (Å²) in [6.07, 6.45) is -0.736. The van der Waals surface area contributed by atoms with E-state index in [1.54, 1.807) is 11.3 Å². The highest BCUT2D eigenvalue weighted by atomic mass is 32.1. The number of halogens is 1. The molecule has 0 radical (unpaired) electrons. The molecule has 1 unspecified atom stereocenters. The summed E-state index contributed by atoms with van der Waals surface area (Å²) in [6.45, 7) is 3.77. The Kier molecular flexibility index (Phi) is 3.08. The van der Waals surface area contributed by atoms with Gasteiger partial charge in [0.1, 0.15) is 11.9 Å². The Morgan fingerprint density at radius 1 is 1.25 bits per heavy atom. The van der Waals surface area contributed by atoms with Gasteiger partial charge in [0, 0.05) is 4.88 Å². The Hall–Kier alpha value is -1.19. The summed E-state index contributed by atoms with van der Waals surface area (Å²) in [6, 6.07) is 6.53. The summed E-state index contributed by atoms with van der Waals surface area (Å²) in [5, 5.41) is 12.1. The van der Waals surface area contributed by atoms with Crippen molar-refractivity contribution in [3.05, 3.63) is 57.0 Å².